The molecule has 0 N–H and O–H groups in total. The summed E-state index contributed by atoms with van der Waals surface area (Å²) in [4.78, 5) is 0. The van der Waals surface area contributed by atoms with Gasteiger partial charge >= 0.3 is 0 Å². The quantitative estimate of drug-likeness (QED) is 0.358. The summed E-state index contributed by atoms with van der Waals surface area (Å²) >= 11 is 6.35. The van der Waals surface area contributed by atoms with Crippen LogP contribution in [0.25, 0.3) is 34.1 Å². The SMILES string of the molecule is Cc1ccc(/C=C(/c2cc(-c3ccccc3Cl)no2)n2nnc3ccccc32)cc1. The van der Waals surface area contributed by atoms with Crippen molar-refractivity contribution in [1.82, 2.24) is 20.2 Å². The largest absolute Gasteiger partial charge is 0.354 e. The molecule has 0 saturated carbocycles. The van der Waals surface area contributed by atoms with E-state index in [2.05, 4.69) is 46.7 Å². The Morgan fingerprint density at radius 3 is 2.57 bits per heavy atom. The summed E-state index contributed by atoms with van der Waals surface area (Å²) in [6, 6.07) is 25.5. The van der Waals surface area contributed by atoms with E-state index in [9.17, 15) is 0 Å². The number of halogens is 1. The normalized spacial score (nSPS) is 11.9. The van der Waals surface area contributed by atoms with Gasteiger partial charge in [-0.25, -0.2) is 4.68 Å². The molecule has 5 nitrogen and oxygen atoms in total. The summed E-state index contributed by atoms with van der Waals surface area (Å²) in [5, 5.41) is 13.5. The van der Waals surface area contributed by atoms with E-state index >= 15 is 0 Å². The molecule has 146 valence electrons. The highest BCUT2D eigenvalue weighted by Gasteiger charge is 2.17. The molecule has 2 heterocycles. The summed E-state index contributed by atoms with van der Waals surface area (Å²) in [6.07, 6.45) is 2.01. The highest BCUT2D eigenvalue weighted by atomic mass is 35.5. The maximum atomic E-state index is 6.35. The summed E-state index contributed by atoms with van der Waals surface area (Å²) < 4.78 is 7.51. The van der Waals surface area contributed by atoms with Crippen molar-refractivity contribution in [3.05, 3.63) is 101 Å². The number of para-hydroxylation sites is 1. The standard InChI is InChI=1S/C24H17ClN4O/c1-16-10-12-17(13-11-16)14-23(29-22-9-5-4-8-20(22)26-28-29)24-15-21(27-30-24)18-6-2-3-7-19(18)25/h2-15H,1H3/b23-14-. The van der Waals surface area contributed by atoms with Crippen LogP contribution in [0.2, 0.25) is 5.02 Å². The fraction of sp³-hybridized carbons (Fsp3) is 0.0417. The molecule has 0 spiro atoms. The minimum Gasteiger partial charge on any atom is -0.354 e. The lowest BCUT2D eigenvalue weighted by Crippen LogP contribution is -2.00. The van der Waals surface area contributed by atoms with E-state index in [-0.39, 0.29) is 0 Å². The van der Waals surface area contributed by atoms with E-state index in [0.29, 0.717) is 16.5 Å². The smallest absolute Gasteiger partial charge is 0.186 e. The van der Waals surface area contributed by atoms with Crippen LogP contribution in [0.1, 0.15) is 16.9 Å². The number of hydrogen-bond acceptors (Lipinski definition) is 4. The molecule has 5 aromatic rings. The minimum absolute atomic E-state index is 0.571. The van der Waals surface area contributed by atoms with Crippen LogP contribution in [0.3, 0.4) is 0 Å². The van der Waals surface area contributed by atoms with E-state index in [0.717, 1.165) is 27.9 Å². The van der Waals surface area contributed by atoms with Gasteiger partial charge in [-0.2, -0.15) is 0 Å². The number of benzene rings is 3. The van der Waals surface area contributed by atoms with Crippen LogP contribution >= 0.6 is 11.6 Å². The van der Waals surface area contributed by atoms with Gasteiger partial charge in [-0.1, -0.05) is 82.1 Å². The number of aryl methyl sites for hydroxylation is 1. The van der Waals surface area contributed by atoms with E-state index in [1.165, 1.54) is 5.56 Å². The number of aromatic nitrogens is 4. The van der Waals surface area contributed by atoms with Crippen molar-refractivity contribution in [3.63, 3.8) is 0 Å². The molecule has 0 fully saturated rings. The fourth-order valence-corrected chi connectivity index (χ4v) is 3.53. The zero-order valence-corrected chi connectivity index (χ0v) is 16.9. The molecular weight excluding hydrogens is 396 g/mol. The first-order chi connectivity index (χ1) is 14.7. The minimum atomic E-state index is 0.571. The predicted octanol–water partition coefficient (Wildman–Crippen LogP) is 6.09. The van der Waals surface area contributed by atoms with Gasteiger partial charge in [0.05, 0.1) is 10.5 Å². The Balaban J connectivity index is 1.67. The number of hydrogen-bond donors (Lipinski definition) is 0. The molecular formula is C24H17ClN4O. The monoisotopic (exact) mass is 412 g/mol. The third kappa shape index (κ3) is 3.40. The van der Waals surface area contributed by atoms with Crippen LogP contribution in [-0.2, 0) is 0 Å². The van der Waals surface area contributed by atoms with Crippen LogP contribution in [0.4, 0.5) is 0 Å². The van der Waals surface area contributed by atoms with Gasteiger partial charge in [0, 0.05) is 11.6 Å². The average molecular weight is 413 g/mol. The van der Waals surface area contributed by atoms with E-state index in [1.54, 1.807) is 4.68 Å². The van der Waals surface area contributed by atoms with Gasteiger partial charge < -0.3 is 4.52 Å². The molecule has 6 heteroatoms. The van der Waals surface area contributed by atoms with Crippen molar-refractivity contribution in [2.24, 2.45) is 0 Å². The first kappa shape index (κ1) is 18.3. The second kappa shape index (κ2) is 7.61. The maximum Gasteiger partial charge on any atom is 0.186 e. The number of fused-ring (bicyclic) bond motifs is 1. The van der Waals surface area contributed by atoms with Gasteiger partial charge in [-0.15, -0.1) is 5.10 Å². The highest BCUT2D eigenvalue weighted by Crippen LogP contribution is 2.31. The summed E-state index contributed by atoms with van der Waals surface area (Å²) in [5.41, 5.74) is 6.11. The first-order valence-electron chi connectivity index (χ1n) is 9.50. The Hall–Kier alpha value is -3.70. The third-order valence-electron chi connectivity index (χ3n) is 4.87. The number of nitrogens with zero attached hydrogens (tertiary/aromatic N) is 4. The molecule has 0 unspecified atom stereocenters. The Labute approximate surface area is 178 Å². The summed E-state index contributed by atoms with van der Waals surface area (Å²) in [7, 11) is 0. The van der Waals surface area contributed by atoms with Gasteiger partial charge in [0.15, 0.2) is 5.76 Å². The van der Waals surface area contributed by atoms with Crippen molar-refractivity contribution < 1.29 is 4.52 Å². The number of rotatable bonds is 4. The molecule has 3 aromatic carbocycles. The Morgan fingerprint density at radius 2 is 1.73 bits per heavy atom. The molecule has 0 atom stereocenters. The van der Waals surface area contributed by atoms with Gasteiger partial charge in [0.1, 0.15) is 16.9 Å². The highest BCUT2D eigenvalue weighted by molar-refractivity contribution is 6.33. The van der Waals surface area contributed by atoms with Crippen LogP contribution in [-0.4, -0.2) is 20.2 Å². The summed E-state index contributed by atoms with van der Waals surface area (Å²) in [5.74, 6) is 0.571. The van der Waals surface area contributed by atoms with Crippen molar-refractivity contribution >= 4 is 34.4 Å². The lowest BCUT2D eigenvalue weighted by Gasteiger charge is -2.05. The zero-order valence-electron chi connectivity index (χ0n) is 16.2. The Kier molecular flexibility index (Phi) is 4.65. The van der Waals surface area contributed by atoms with Crippen molar-refractivity contribution in [2.45, 2.75) is 6.92 Å². The zero-order chi connectivity index (χ0) is 20.5. The second-order valence-electron chi connectivity index (χ2n) is 6.99. The van der Waals surface area contributed by atoms with E-state index in [1.807, 2.05) is 60.7 Å². The van der Waals surface area contributed by atoms with Crippen LogP contribution < -0.4 is 0 Å². The van der Waals surface area contributed by atoms with E-state index < -0.39 is 0 Å². The summed E-state index contributed by atoms with van der Waals surface area (Å²) in [6.45, 7) is 2.06. The second-order valence-corrected chi connectivity index (χ2v) is 7.39. The molecule has 0 amide bonds. The fourth-order valence-electron chi connectivity index (χ4n) is 3.30. The molecule has 2 aromatic heterocycles. The Bertz CT molecular complexity index is 1370. The maximum absolute atomic E-state index is 6.35. The van der Waals surface area contributed by atoms with Crippen LogP contribution in [0.5, 0.6) is 0 Å². The van der Waals surface area contributed by atoms with Crippen LogP contribution in [0, 0.1) is 6.92 Å². The van der Waals surface area contributed by atoms with Gasteiger partial charge in [-0.05, 0) is 36.8 Å². The lowest BCUT2D eigenvalue weighted by atomic mass is 10.1. The predicted molar refractivity (Wildman–Crippen MR) is 119 cm³/mol. The third-order valence-corrected chi connectivity index (χ3v) is 5.20. The van der Waals surface area contributed by atoms with Crippen molar-refractivity contribution in [2.75, 3.05) is 0 Å². The molecule has 0 saturated heterocycles. The van der Waals surface area contributed by atoms with Gasteiger partial charge in [0.2, 0.25) is 0 Å². The van der Waals surface area contributed by atoms with E-state index in [4.69, 9.17) is 16.1 Å². The van der Waals surface area contributed by atoms with Crippen molar-refractivity contribution in [3.8, 4) is 11.3 Å². The Morgan fingerprint density at radius 1 is 0.967 bits per heavy atom. The van der Waals surface area contributed by atoms with Gasteiger partial charge in [-0.3, -0.25) is 0 Å². The van der Waals surface area contributed by atoms with Crippen molar-refractivity contribution in [1.29, 1.82) is 0 Å². The van der Waals surface area contributed by atoms with Gasteiger partial charge in [0.25, 0.3) is 0 Å². The molecule has 30 heavy (non-hydrogen) atoms. The molecule has 0 bridgehead atoms. The topological polar surface area (TPSA) is 56.7 Å². The molecule has 0 aliphatic rings. The first-order valence-corrected chi connectivity index (χ1v) is 9.88. The molecule has 0 aliphatic heterocycles. The van der Waals surface area contributed by atoms with Crippen LogP contribution in [0.15, 0.2) is 83.4 Å². The molecule has 0 aliphatic carbocycles. The average Bonchev–Trinajstić information content (AvgIpc) is 3.41. The molecule has 0 radical (unpaired) electrons. The molecule has 5 rings (SSSR count). The lowest BCUT2D eigenvalue weighted by molar-refractivity contribution is 0.410.